The minimum atomic E-state index is -0.204. The summed E-state index contributed by atoms with van der Waals surface area (Å²) in [6.07, 6.45) is 3.43. The summed E-state index contributed by atoms with van der Waals surface area (Å²) in [6, 6.07) is 11.8. The van der Waals surface area contributed by atoms with E-state index < -0.39 is 0 Å². The number of pyridine rings is 1. The molecule has 134 valence electrons. The number of nitrogens with zero attached hydrogens (tertiary/aromatic N) is 3. The van der Waals surface area contributed by atoms with Gasteiger partial charge in [0.25, 0.3) is 5.56 Å². The number of carbonyl (C=O) groups is 1. The Labute approximate surface area is 160 Å². The van der Waals surface area contributed by atoms with Crippen molar-refractivity contribution in [2.45, 2.75) is 19.5 Å². The van der Waals surface area contributed by atoms with Crippen LogP contribution in [0.3, 0.4) is 0 Å². The van der Waals surface area contributed by atoms with Crippen LogP contribution in [0.1, 0.15) is 12.0 Å². The first kappa shape index (κ1) is 18.2. The SMILES string of the molecule is O=C(CCn1ccccc1=O)Nc1ccnn1Cc1ccc(Cl)cc1Cl. The van der Waals surface area contributed by atoms with E-state index in [1.165, 1.54) is 10.6 Å². The van der Waals surface area contributed by atoms with Crippen molar-refractivity contribution < 1.29 is 4.79 Å². The summed E-state index contributed by atoms with van der Waals surface area (Å²) < 4.78 is 3.13. The molecule has 6 nitrogen and oxygen atoms in total. The van der Waals surface area contributed by atoms with Crippen LogP contribution in [-0.2, 0) is 17.9 Å². The molecule has 0 unspecified atom stereocenters. The predicted octanol–water partition coefficient (Wildman–Crippen LogP) is 3.43. The molecule has 2 aromatic heterocycles. The zero-order valence-corrected chi connectivity index (χ0v) is 15.2. The van der Waals surface area contributed by atoms with E-state index in [1.54, 1.807) is 47.4 Å². The highest BCUT2D eigenvalue weighted by molar-refractivity contribution is 6.35. The average Bonchev–Trinajstić information content (AvgIpc) is 3.03. The van der Waals surface area contributed by atoms with Crippen molar-refractivity contribution in [1.82, 2.24) is 14.3 Å². The molecule has 0 aliphatic rings. The van der Waals surface area contributed by atoms with Crippen molar-refractivity contribution in [2.24, 2.45) is 0 Å². The summed E-state index contributed by atoms with van der Waals surface area (Å²) in [5, 5.41) is 8.12. The number of rotatable bonds is 6. The molecule has 0 aliphatic carbocycles. The molecule has 0 aliphatic heterocycles. The molecule has 26 heavy (non-hydrogen) atoms. The summed E-state index contributed by atoms with van der Waals surface area (Å²) in [5.74, 6) is 0.353. The van der Waals surface area contributed by atoms with Crippen molar-refractivity contribution in [3.8, 4) is 0 Å². The standard InChI is InChI=1S/C18H16Cl2N4O2/c19-14-5-4-13(15(20)11-14)12-24-16(6-8-21-24)22-17(25)7-10-23-9-2-1-3-18(23)26/h1-6,8-9,11H,7,10,12H2,(H,22,25). The van der Waals surface area contributed by atoms with Gasteiger partial charge in [-0.3, -0.25) is 9.59 Å². The van der Waals surface area contributed by atoms with Crippen molar-refractivity contribution in [2.75, 3.05) is 5.32 Å². The number of aromatic nitrogens is 3. The van der Waals surface area contributed by atoms with Gasteiger partial charge in [-0.05, 0) is 23.8 Å². The average molecular weight is 391 g/mol. The van der Waals surface area contributed by atoms with E-state index in [0.717, 1.165) is 5.56 Å². The van der Waals surface area contributed by atoms with Crippen LogP contribution < -0.4 is 10.9 Å². The smallest absolute Gasteiger partial charge is 0.250 e. The Morgan fingerprint density at radius 2 is 2.00 bits per heavy atom. The zero-order valence-electron chi connectivity index (χ0n) is 13.7. The second-order valence-corrected chi connectivity index (χ2v) is 6.48. The number of hydrogen-bond donors (Lipinski definition) is 1. The Bertz CT molecular complexity index is 981. The predicted molar refractivity (Wildman–Crippen MR) is 102 cm³/mol. The normalized spacial score (nSPS) is 10.7. The minimum absolute atomic E-state index is 0.136. The molecule has 1 amide bonds. The van der Waals surface area contributed by atoms with E-state index in [-0.39, 0.29) is 17.9 Å². The highest BCUT2D eigenvalue weighted by Gasteiger charge is 2.10. The van der Waals surface area contributed by atoms with Crippen molar-refractivity contribution in [3.05, 3.63) is 80.8 Å². The van der Waals surface area contributed by atoms with Gasteiger partial charge in [0.15, 0.2) is 0 Å². The fraction of sp³-hybridized carbons (Fsp3) is 0.167. The molecular weight excluding hydrogens is 375 g/mol. The van der Waals surface area contributed by atoms with E-state index in [2.05, 4.69) is 10.4 Å². The maximum Gasteiger partial charge on any atom is 0.250 e. The molecule has 0 radical (unpaired) electrons. The third-order valence-electron chi connectivity index (χ3n) is 3.80. The van der Waals surface area contributed by atoms with Gasteiger partial charge in [0.1, 0.15) is 5.82 Å². The first-order valence-corrected chi connectivity index (χ1v) is 8.69. The van der Waals surface area contributed by atoms with Gasteiger partial charge >= 0.3 is 0 Å². The maximum absolute atomic E-state index is 12.2. The summed E-state index contributed by atoms with van der Waals surface area (Å²) >= 11 is 12.1. The van der Waals surface area contributed by atoms with Gasteiger partial charge in [-0.25, -0.2) is 4.68 Å². The lowest BCUT2D eigenvalue weighted by atomic mass is 10.2. The molecule has 3 aromatic rings. The second-order valence-electron chi connectivity index (χ2n) is 5.64. The summed E-state index contributed by atoms with van der Waals surface area (Å²) in [5.41, 5.74) is 0.703. The number of aryl methyl sites for hydroxylation is 1. The fourth-order valence-corrected chi connectivity index (χ4v) is 2.92. The van der Waals surface area contributed by atoms with Crippen LogP contribution in [0, 0.1) is 0 Å². The molecule has 3 rings (SSSR count). The van der Waals surface area contributed by atoms with Crippen LogP contribution in [0.2, 0.25) is 10.0 Å². The lowest BCUT2D eigenvalue weighted by Gasteiger charge is -2.11. The number of amides is 1. The summed E-state index contributed by atoms with van der Waals surface area (Å²) in [6.45, 7) is 0.708. The van der Waals surface area contributed by atoms with Crippen LogP contribution in [-0.4, -0.2) is 20.3 Å². The highest BCUT2D eigenvalue weighted by atomic mass is 35.5. The van der Waals surface area contributed by atoms with Crippen molar-refractivity contribution >= 4 is 34.9 Å². The molecule has 0 saturated heterocycles. The Hall–Kier alpha value is -2.57. The number of carbonyl (C=O) groups excluding carboxylic acids is 1. The minimum Gasteiger partial charge on any atom is -0.315 e. The van der Waals surface area contributed by atoms with E-state index in [9.17, 15) is 9.59 Å². The van der Waals surface area contributed by atoms with Gasteiger partial charge in [-0.15, -0.1) is 0 Å². The van der Waals surface area contributed by atoms with Crippen molar-refractivity contribution in [3.63, 3.8) is 0 Å². The van der Waals surface area contributed by atoms with Crippen LogP contribution in [0.25, 0.3) is 0 Å². The summed E-state index contributed by atoms with van der Waals surface area (Å²) in [7, 11) is 0. The molecule has 1 N–H and O–H groups in total. The topological polar surface area (TPSA) is 68.9 Å². The number of hydrogen-bond acceptors (Lipinski definition) is 3. The molecule has 8 heteroatoms. The molecule has 0 spiro atoms. The number of anilines is 1. The molecule has 0 fully saturated rings. The van der Waals surface area contributed by atoms with E-state index in [1.807, 2.05) is 6.07 Å². The van der Waals surface area contributed by atoms with E-state index in [0.29, 0.717) is 29.0 Å². The van der Waals surface area contributed by atoms with Crippen LogP contribution in [0.4, 0.5) is 5.82 Å². The van der Waals surface area contributed by atoms with Gasteiger partial charge < -0.3 is 9.88 Å². The number of halogens is 2. The van der Waals surface area contributed by atoms with Gasteiger partial charge in [0, 0.05) is 41.3 Å². The highest BCUT2D eigenvalue weighted by Crippen LogP contribution is 2.22. The molecule has 2 heterocycles. The van der Waals surface area contributed by atoms with Crippen LogP contribution >= 0.6 is 23.2 Å². The van der Waals surface area contributed by atoms with Gasteiger partial charge in [-0.1, -0.05) is 35.3 Å². The Kier molecular flexibility index (Phi) is 5.75. The molecular formula is C18H16Cl2N4O2. The van der Waals surface area contributed by atoms with Crippen LogP contribution in [0.15, 0.2) is 59.7 Å². The zero-order chi connectivity index (χ0) is 18.5. The maximum atomic E-state index is 12.2. The first-order valence-electron chi connectivity index (χ1n) is 7.94. The van der Waals surface area contributed by atoms with Gasteiger partial charge in [0.2, 0.25) is 5.91 Å². The van der Waals surface area contributed by atoms with Gasteiger partial charge in [-0.2, -0.15) is 5.10 Å². The van der Waals surface area contributed by atoms with Crippen molar-refractivity contribution in [1.29, 1.82) is 0 Å². The Morgan fingerprint density at radius 1 is 1.15 bits per heavy atom. The van der Waals surface area contributed by atoms with E-state index in [4.69, 9.17) is 23.2 Å². The summed E-state index contributed by atoms with van der Waals surface area (Å²) in [4.78, 5) is 23.9. The monoisotopic (exact) mass is 390 g/mol. The van der Waals surface area contributed by atoms with E-state index >= 15 is 0 Å². The first-order chi connectivity index (χ1) is 12.5. The lowest BCUT2D eigenvalue weighted by molar-refractivity contribution is -0.116. The molecule has 1 aromatic carbocycles. The number of benzene rings is 1. The number of nitrogens with one attached hydrogen (secondary N) is 1. The largest absolute Gasteiger partial charge is 0.315 e. The molecule has 0 saturated carbocycles. The van der Waals surface area contributed by atoms with Crippen LogP contribution in [0.5, 0.6) is 0 Å². The fourth-order valence-electron chi connectivity index (χ4n) is 2.45. The third kappa shape index (κ3) is 4.53. The quantitative estimate of drug-likeness (QED) is 0.700. The van der Waals surface area contributed by atoms with Gasteiger partial charge in [0.05, 0.1) is 12.7 Å². The Morgan fingerprint density at radius 3 is 2.77 bits per heavy atom. The third-order valence-corrected chi connectivity index (χ3v) is 4.38. The molecule has 0 atom stereocenters. The molecule has 0 bridgehead atoms. The Balaban J connectivity index is 1.64. The lowest BCUT2D eigenvalue weighted by Crippen LogP contribution is -2.22. The second kappa shape index (κ2) is 8.21.